The predicted octanol–water partition coefficient (Wildman–Crippen LogP) is 1.15. The Bertz CT molecular complexity index is 288. The van der Waals surface area contributed by atoms with Gasteiger partial charge in [0.25, 0.3) is 0 Å². The summed E-state index contributed by atoms with van der Waals surface area (Å²) in [5.41, 5.74) is 1.48. The Morgan fingerprint density at radius 3 is 2.28 bits per heavy atom. The van der Waals surface area contributed by atoms with Crippen LogP contribution in [0.5, 0.6) is 0 Å². The SMILES string of the molecule is CC(C)C(NC(=O)NO)C(=O)NC1CCCCC1. The quantitative estimate of drug-likeness (QED) is 0.450. The first-order chi connectivity index (χ1) is 8.54. The molecule has 1 fully saturated rings. The van der Waals surface area contributed by atoms with E-state index in [1.165, 1.54) is 11.9 Å². The van der Waals surface area contributed by atoms with E-state index in [0.717, 1.165) is 25.7 Å². The van der Waals surface area contributed by atoms with Crippen LogP contribution >= 0.6 is 0 Å². The summed E-state index contributed by atoms with van der Waals surface area (Å²) in [7, 11) is 0. The number of carbonyl (C=O) groups excluding carboxylic acids is 2. The summed E-state index contributed by atoms with van der Waals surface area (Å²) < 4.78 is 0. The van der Waals surface area contributed by atoms with Gasteiger partial charge in [-0.05, 0) is 18.8 Å². The van der Waals surface area contributed by atoms with Gasteiger partial charge in [0.05, 0.1) is 0 Å². The van der Waals surface area contributed by atoms with Crippen LogP contribution < -0.4 is 16.1 Å². The molecule has 0 aromatic carbocycles. The summed E-state index contributed by atoms with van der Waals surface area (Å²) in [5.74, 6) is -0.216. The fourth-order valence-corrected chi connectivity index (χ4v) is 2.25. The Morgan fingerprint density at radius 1 is 1.17 bits per heavy atom. The van der Waals surface area contributed by atoms with Crippen molar-refractivity contribution >= 4 is 11.9 Å². The zero-order valence-electron chi connectivity index (χ0n) is 11.0. The first kappa shape index (κ1) is 14.8. The fourth-order valence-electron chi connectivity index (χ4n) is 2.25. The third-order valence-electron chi connectivity index (χ3n) is 3.29. The van der Waals surface area contributed by atoms with Gasteiger partial charge in [-0.15, -0.1) is 0 Å². The maximum absolute atomic E-state index is 12.1. The second kappa shape index (κ2) is 7.20. The van der Waals surface area contributed by atoms with Gasteiger partial charge >= 0.3 is 6.03 Å². The monoisotopic (exact) mass is 257 g/mol. The van der Waals surface area contributed by atoms with E-state index in [-0.39, 0.29) is 17.9 Å². The molecule has 0 heterocycles. The molecule has 1 aliphatic carbocycles. The number of hydrogen-bond donors (Lipinski definition) is 4. The van der Waals surface area contributed by atoms with E-state index >= 15 is 0 Å². The molecule has 1 rings (SSSR count). The molecule has 0 aromatic heterocycles. The van der Waals surface area contributed by atoms with E-state index in [1.54, 1.807) is 0 Å². The predicted molar refractivity (Wildman–Crippen MR) is 67.1 cm³/mol. The summed E-state index contributed by atoms with van der Waals surface area (Å²) in [4.78, 5) is 23.1. The number of urea groups is 1. The number of nitrogens with one attached hydrogen (secondary N) is 3. The Labute approximate surface area is 107 Å². The van der Waals surface area contributed by atoms with E-state index in [9.17, 15) is 9.59 Å². The van der Waals surface area contributed by atoms with Crippen molar-refractivity contribution in [3.63, 3.8) is 0 Å². The summed E-state index contributed by atoms with van der Waals surface area (Å²) in [6, 6.07) is -1.17. The number of hydrogen-bond acceptors (Lipinski definition) is 3. The molecule has 1 saturated carbocycles. The molecule has 1 aliphatic rings. The Hall–Kier alpha value is -1.30. The number of rotatable bonds is 4. The second-order valence-corrected chi connectivity index (χ2v) is 5.15. The van der Waals surface area contributed by atoms with Gasteiger partial charge in [0.2, 0.25) is 5.91 Å². The second-order valence-electron chi connectivity index (χ2n) is 5.15. The van der Waals surface area contributed by atoms with Crippen molar-refractivity contribution in [2.75, 3.05) is 0 Å². The van der Waals surface area contributed by atoms with Crippen LogP contribution in [0, 0.1) is 5.92 Å². The molecule has 0 bridgehead atoms. The highest BCUT2D eigenvalue weighted by molar-refractivity contribution is 5.87. The zero-order valence-corrected chi connectivity index (χ0v) is 11.0. The van der Waals surface area contributed by atoms with Crippen molar-refractivity contribution in [2.45, 2.75) is 58.0 Å². The van der Waals surface area contributed by atoms with Gasteiger partial charge in [-0.3, -0.25) is 10.0 Å². The number of carbonyl (C=O) groups is 2. The molecule has 0 spiro atoms. The highest BCUT2D eigenvalue weighted by Crippen LogP contribution is 2.17. The minimum atomic E-state index is -0.757. The Balaban J connectivity index is 2.50. The average Bonchev–Trinajstić information content (AvgIpc) is 2.36. The normalized spacial score (nSPS) is 18.2. The molecule has 18 heavy (non-hydrogen) atoms. The van der Waals surface area contributed by atoms with Crippen molar-refractivity contribution in [3.8, 4) is 0 Å². The van der Waals surface area contributed by atoms with Crippen LogP contribution in [-0.4, -0.2) is 29.2 Å². The van der Waals surface area contributed by atoms with E-state index in [2.05, 4.69) is 10.6 Å². The van der Waals surface area contributed by atoms with E-state index in [0.29, 0.717) is 0 Å². The molecule has 6 nitrogen and oxygen atoms in total. The summed E-state index contributed by atoms with van der Waals surface area (Å²) >= 11 is 0. The van der Waals surface area contributed by atoms with Crippen molar-refractivity contribution in [1.29, 1.82) is 0 Å². The highest BCUT2D eigenvalue weighted by Gasteiger charge is 2.26. The van der Waals surface area contributed by atoms with Crippen LogP contribution in [0.4, 0.5) is 4.79 Å². The van der Waals surface area contributed by atoms with Crippen molar-refractivity contribution < 1.29 is 14.8 Å². The molecule has 0 radical (unpaired) electrons. The van der Waals surface area contributed by atoms with Gasteiger partial charge in [0.1, 0.15) is 6.04 Å². The first-order valence-electron chi connectivity index (χ1n) is 6.55. The van der Waals surface area contributed by atoms with Gasteiger partial charge in [0.15, 0.2) is 0 Å². The van der Waals surface area contributed by atoms with Crippen LogP contribution in [0.3, 0.4) is 0 Å². The minimum Gasteiger partial charge on any atom is -0.352 e. The van der Waals surface area contributed by atoms with Gasteiger partial charge in [-0.25, -0.2) is 10.3 Å². The smallest absolute Gasteiger partial charge is 0.339 e. The maximum Gasteiger partial charge on any atom is 0.339 e. The third-order valence-corrected chi connectivity index (χ3v) is 3.29. The molecule has 0 aromatic rings. The first-order valence-corrected chi connectivity index (χ1v) is 6.55. The van der Waals surface area contributed by atoms with Gasteiger partial charge in [0, 0.05) is 6.04 Å². The highest BCUT2D eigenvalue weighted by atomic mass is 16.5. The number of hydroxylamine groups is 1. The largest absolute Gasteiger partial charge is 0.352 e. The maximum atomic E-state index is 12.1. The van der Waals surface area contributed by atoms with Crippen molar-refractivity contribution in [1.82, 2.24) is 16.1 Å². The van der Waals surface area contributed by atoms with Crippen LogP contribution in [-0.2, 0) is 4.79 Å². The van der Waals surface area contributed by atoms with Crippen molar-refractivity contribution in [2.24, 2.45) is 5.92 Å². The van der Waals surface area contributed by atoms with Crippen LogP contribution in [0.2, 0.25) is 0 Å². The molecule has 3 amide bonds. The molecule has 1 unspecified atom stereocenters. The summed E-state index contributed by atoms with van der Waals surface area (Å²) in [5, 5.41) is 13.9. The number of amides is 3. The Morgan fingerprint density at radius 2 is 1.78 bits per heavy atom. The van der Waals surface area contributed by atoms with E-state index < -0.39 is 12.1 Å². The molecule has 4 N–H and O–H groups in total. The molecule has 1 atom stereocenters. The molecule has 6 heteroatoms. The van der Waals surface area contributed by atoms with Crippen LogP contribution in [0.25, 0.3) is 0 Å². The molecule has 0 aliphatic heterocycles. The topological polar surface area (TPSA) is 90.5 Å². The van der Waals surface area contributed by atoms with Crippen LogP contribution in [0.1, 0.15) is 46.0 Å². The van der Waals surface area contributed by atoms with Gasteiger partial charge < -0.3 is 10.6 Å². The minimum absolute atomic E-state index is 0.0362. The molecule has 0 saturated heterocycles. The van der Waals surface area contributed by atoms with E-state index in [4.69, 9.17) is 5.21 Å². The van der Waals surface area contributed by atoms with Crippen LogP contribution in [0.15, 0.2) is 0 Å². The lowest BCUT2D eigenvalue weighted by atomic mass is 9.94. The lowest BCUT2D eigenvalue weighted by molar-refractivity contribution is -0.124. The summed E-state index contributed by atoms with van der Waals surface area (Å²) in [6.07, 6.45) is 5.51. The average molecular weight is 257 g/mol. The molecular weight excluding hydrogens is 234 g/mol. The summed E-state index contributed by atoms with van der Waals surface area (Å²) in [6.45, 7) is 3.70. The third kappa shape index (κ3) is 4.52. The fraction of sp³-hybridized carbons (Fsp3) is 0.833. The van der Waals surface area contributed by atoms with Crippen molar-refractivity contribution in [3.05, 3.63) is 0 Å². The van der Waals surface area contributed by atoms with Gasteiger partial charge in [-0.2, -0.15) is 0 Å². The standard InChI is InChI=1S/C12H23N3O3/c1-8(2)10(14-12(17)15-18)11(16)13-9-6-4-3-5-7-9/h8-10,18H,3-7H2,1-2H3,(H,13,16)(H2,14,15,17). The lowest BCUT2D eigenvalue weighted by Crippen LogP contribution is -2.54. The van der Waals surface area contributed by atoms with E-state index in [1.807, 2.05) is 13.8 Å². The lowest BCUT2D eigenvalue weighted by Gasteiger charge is -2.27. The van der Waals surface area contributed by atoms with Gasteiger partial charge in [-0.1, -0.05) is 33.1 Å². The molecular formula is C12H23N3O3. The zero-order chi connectivity index (χ0) is 13.5. The molecule has 104 valence electrons. The Kier molecular flexibility index (Phi) is 5.91.